The third-order valence-electron chi connectivity index (χ3n) is 5.93. The molecule has 2 aliphatic rings. The number of carbonyl (C=O) groups is 1. The molecule has 30 heavy (non-hydrogen) atoms. The smallest absolute Gasteiger partial charge is 0.312 e. The molecule has 2 N–H and O–H groups in total. The normalized spacial score (nSPS) is 29.5. The second-order valence-corrected chi connectivity index (χ2v) is 12.6. The Kier molecular flexibility index (Phi) is 5.25. The number of nitrogens with two attached hydrogens (primary N) is 1. The van der Waals surface area contributed by atoms with E-state index in [-0.39, 0.29) is 12.5 Å². The van der Waals surface area contributed by atoms with Gasteiger partial charge in [-0.25, -0.2) is 8.42 Å². The van der Waals surface area contributed by atoms with Crippen molar-refractivity contribution in [2.24, 2.45) is 4.99 Å². The molecule has 1 aromatic rings. The summed E-state index contributed by atoms with van der Waals surface area (Å²) in [7, 11) is -3.73. The number of hydrogen-bond acceptors (Lipinski definition) is 7. The Morgan fingerprint density at radius 3 is 2.53 bits per heavy atom. The van der Waals surface area contributed by atoms with Gasteiger partial charge in [0.25, 0.3) is 0 Å². The minimum absolute atomic E-state index is 0.195. The monoisotopic (exact) mass is 436 g/mol. The van der Waals surface area contributed by atoms with E-state index in [2.05, 4.69) is 0 Å². The first-order valence-corrected chi connectivity index (χ1v) is 11.7. The molecule has 1 aromatic carbocycles. The van der Waals surface area contributed by atoms with Crippen LogP contribution in [-0.2, 0) is 24.9 Å². The third-order valence-corrected chi connectivity index (χ3v) is 8.99. The van der Waals surface area contributed by atoms with Gasteiger partial charge >= 0.3 is 5.97 Å². The molecule has 0 saturated carbocycles. The number of benzene rings is 1. The van der Waals surface area contributed by atoms with Crippen molar-refractivity contribution in [2.45, 2.75) is 88.5 Å². The lowest BCUT2D eigenvalue weighted by molar-refractivity contribution is -0.153. The highest BCUT2D eigenvalue weighted by Crippen LogP contribution is 2.50. The van der Waals surface area contributed by atoms with Crippen molar-refractivity contribution >= 4 is 27.2 Å². The molecule has 0 fully saturated rings. The van der Waals surface area contributed by atoms with Crippen LogP contribution in [-0.4, -0.2) is 41.8 Å². The van der Waals surface area contributed by atoms with Crippen LogP contribution in [0.3, 0.4) is 0 Å². The number of fused-ring (bicyclic) bond motifs is 3. The molecule has 7 nitrogen and oxygen atoms in total. The highest BCUT2D eigenvalue weighted by Gasteiger charge is 2.58. The molecule has 0 saturated heterocycles. The molecule has 0 unspecified atom stereocenters. The van der Waals surface area contributed by atoms with E-state index in [9.17, 15) is 13.2 Å². The van der Waals surface area contributed by atoms with Crippen molar-refractivity contribution in [3.8, 4) is 5.75 Å². The lowest BCUT2D eigenvalue weighted by Gasteiger charge is -2.44. The second-order valence-electron chi connectivity index (χ2n) is 9.93. The zero-order valence-corrected chi connectivity index (χ0v) is 19.6. The average molecular weight is 437 g/mol. The van der Waals surface area contributed by atoms with Gasteiger partial charge in [0.15, 0.2) is 9.84 Å². The summed E-state index contributed by atoms with van der Waals surface area (Å²) >= 11 is 0. The summed E-state index contributed by atoms with van der Waals surface area (Å²) in [5, 5.41) is -0.805. The minimum Gasteiger partial charge on any atom is -0.490 e. The Bertz CT molecular complexity index is 1010. The molecule has 0 aromatic heterocycles. The Balaban J connectivity index is 2.21. The van der Waals surface area contributed by atoms with Crippen LogP contribution in [0.4, 0.5) is 5.69 Å². The topological polar surface area (TPSA) is 108 Å². The second kappa shape index (κ2) is 6.97. The van der Waals surface area contributed by atoms with Crippen molar-refractivity contribution in [3.63, 3.8) is 0 Å². The maximum Gasteiger partial charge on any atom is 0.312 e. The number of hydrogen-bond donors (Lipinski definition) is 1. The van der Waals surface area contributed by atoms with Crippen molar-refractivity contribution in [1.82, 2.24) is 0 Å². The van der Waals surface area contributed by atoms with E-state index >= 15 is 0 Å². The number of anilines is 1. The first kappa shape index (κ1) is 22.6. The molecule has 2 heterocycles. The number of nitrogen functional groups attached to an aromatic ring is 1. The fourth-order valence-corrected chi connectivity index (χ4v) is 6.74. The molecule has 8 heteroatoms. The molecule has 0 bridgehead atoms. The molecule has 0 aliphatic carbocycles. The van der Waals surface area contributed by atoms with Crippen LogP contribution >= 0.6 is 0 Å². The van der Waals surface area contributed by atoms with Gasteiger partial charge in [0, 0.05) is 23.4 Å². The minimum atomic E-state index is -3.73. The number of esters is 1. The van der Waals surface area contributed by atoms with Crippen molar-refractivity contribution < 1.29 is 22.7 Å². The van der Waals surface area contributed by atoms with E-state index in [0.29, 0.717) is 29.1 Å². The molecule has 2 aliphatic heterocycles. The molecule has 0 spiro atoms. The summed E-state index contributed by atoms with van der Waals surface area (Å²) in [4.78, 5) is 17.5. The largest absolute Gasteiger partial charge is 0.490 e. The first-order chi connectivity index (χ1) is 13.6. The summed E-state index contributed by atoms with van der Waals surface area (Å²) < 4.78 is 37.8. The fourth-order valence-electron chi connectivity index (χ4n) is 4.28. The van der Waals surface area contributed by atoms with E-state index < -0.39 is 36.9 Å². The summed E-state index contributed by atoms with van der Waals surface area (Å²) in [5.74, 6) is 0.0644. The van der Waals surface area contributed by atoms with Crippen LogP contribution < -0.4 is 10.5 Å². The van der Waals surface area contributed by atoms with Gasteiger partial charge < -0.3 is 15.2 Å². The fraction of sp³-hybridized carbons (Fsp3) is 0.636. The standard InChI is InChI=1S/C22H32N2O5S/c1-13-10-18-22(7,15-11-14(23)8-9-16(15)28-13)24-17(21(5,6)30(18,26)27)12-19(25)29-20(2,3)4/h8-9,11,13,18H,10,12,23H2,1-7H3/t13-,18+,22+/m0/s1. The zero-order valence-electron chi connectivity index (χ0n) is 18.8. The predicted molar refractivity (Wildman–Crippen MR) is 118 cm³/mol. The van der Waals surface area contributed by atoms with Gasteiger partial charge in [-0.3, -0.25) is 9.79 Å². The number of nitrogens with zero attached hydrogens (tertiary/aromatic N) is 1. The number of aliphatic imine (C=N–C) groups is 1. The zero-order chi connectivity index (χ0) is 22.7. The molecule has 0 radical (unpaired) electrons. The lowest BCUT2D eigenvalue weighted by atomic mass is 9.85. The van der Waals surface area contributed by atoms with Crippen molar-refractivity contribution in [1.29, 1.82) is 0 Å². The van der Waals surface area contributed by atoms with E-state index in [1.807, 2.05) is 6.92 Å². The molecule has 166 valence electrons. The van der Waals surface area contributed by atoms with E-state index in [1.54, 1.807) is 59.7 Å². The molecular weight excluding hydrogens is 404 g/mol. The van der Waals surface area contributed by atoms with Crippen LogP contribution in [0.5, 0.6) is 5.75 Å². The van der Waals surface area contributed by atoms with Gasteiger partial charge in [-0.05, 0) is 66.7 Å². The van der Waals surface area contributed by atoms with Gasteiger partial charge in [0.05, 0.1) is 17.8 Å². The van der Waals surface area contributed by atoms with Gasteiger partial charge in [-0.2, -0.15) is 0 Å². The van der Waals surface area contributed by atoms with Crippen LogP contribution in [0.15, 0.2) is 23.2 Å². The van der Waals surface area contributed by atoms with Crippen LogP contribution in [0, 0.1) is 0 Å². The quantitative estimate of drug-likeness (QED) is 0.562. The Labute approximate surface area is 179 Å². The van der Waals surface area contributed by atoms with Gasteiger partial charge in [-0.1, -0.05) is 0 Å². The Hall–Kier alpha value is -2.09. The van der Waals surface area contributed by atoms with E-state index in [1.165, 1.54) is 0 Å². The molecule has 0 amide bonds. The maximum atomic E-state index is 13.8. The molecule has 3 atom stereocenters. The highest BCUT2D eigenvalue weighted by atomic mass is 32.2. The van der Waals surface area contributed by atoms with Crippen LogP contribution in [0.1, 0.15) is 66.9 Å². The average Bonchev–Trinajstić information content (AvgIpc) is 2.67. The summed E-state index contributed by atoms with van der Waals surface area (Å²) in [5.41, 5.74) is 5.64. The van der Waals surface area contributed by atoms with E-state index in [0.717, 1.165) is 0 Å². The van der Waals surface area contributed by atoms with Crippen LogP contribution in [0.25, 0.3) is 0 Å². The summed E-state index contributed by atoms with van der Waals surface area (Å²) in [6.45, 7) is 12.2. The summed E-state index contributed by atoms with van der Waals surface area (Å²) in [6, 6.07) is 5.20. The first-order valence-electron chi connectivity index (χ1n) is 10.2. The number of sulfone groups is 1. The number of rotatable bonds is 2. The van der Waals surface area contributed by atoms with Crippen molar-refractivity contribution in [3.05, 3.63) is 23.8 Å². The SMILES string of the molecule is C[C@H]1C[C@@H]2[C@](C)(N=C(CC(=O)OC(C)(C)C)C(C)(C)S2(=O)=O)c2cc(N)ccc2O1. The summed E-state index contributed by atoms with van der Waals surface area (Å²) in [6.07, 6.45) is -0.215. The van der Waals surface area contributed by atoms with Gasteiger partial charge in [0.1, 0.15) is 21.6 Å². The van der Waals surface area contributed by atoms with Crippen molar-refractivity contribution in [2.75, 3.05) is 5.73 Å². The maximum absolute atomic E-state index is 13.8. The number of carbonyl (C=O) groups excluding carboxylic acids is 1. The molecular formula is C22H32N2O5S. The lowest BCUT2D eigenvalue weighted by Crippen LogP contribution is -2.58. The number of ether oxygens (including phenoxy) is 2. The highest BCUT2D eigenvalue weighted by molar-refractivity contribution is 7.94. The predicted octanol–water partition coefficient (Wildman–Crippen LogP) is 3.40. The van der Waals surface area contributed by atoms with Crippen LogP contribution in [0.2, 0.25) is 0 Å². The van der Waals surface area contributed by atoms with Gasteiger partial charge in [0.2, 0.25) is 0 Å². The molecule has 3 rings (SSSR count). The third kappa shape index (κ3) is 3.70. The Morgan fingerprint density at radius 1 is 1.30 bits per heavy atom. The van der Waals surface area contributed by atoms with E-state index in [4.69, 9.17) is 20.2 Å². The van der Waals surface area contributed by atoms with Gasteiger partial charge in [-0.15, -0.1) is 0 Å². The Morgan fingerprint density at radius 2 is 1.93 bits per heavy atom.